The molecule has 0 aliphatic rings. The van der Waals surface area contributed by atoms with Gasteiger partial charge in [0.2, 0.25) is 0 Å². The van der Waals surface area contributed by atoms with Gasteiger partial charge in [-0.25, -0.2) is 9.67 Å². The Labute approximate surface area is 131 Å². The maximum Gasteiger partial charge on any atom is 0.177 e. The summed E-state index contributed by atoms with van der Waals surface area (Å²) in [5.74, 6) is 0.819. The number of nitrogens with zero attached hydrogens (tertiary/aromatic N) is 4. The van der Waals surface area contributed by atoms with Crippen molar-refractivity contribution in [2.24, 2.45) is 0 Å². The Morgan fingerprint density at radius 2 is 1.82 bits per heavy atom. The molecule has 0 saturated carbocycles. The van der Waals surface area contributed by atoms with Crippen molar-refractivity contribution in [1.29, 1.82) is 0 Å². The van der Waals surface area contributed by atoms with E-state index in [2.05, 4.69) is 20.1 Å². The van der Waals surface area contributed by atoms with Gasteiger partial charge in [-0.15, -0.1) is 0 Å². The monoisotopic (exact) mass is 309 g/mol. The molecule has 0 radical (unpaired) electrons. The number of fused-ring (bicyclic) bond motifs is 1. The van der Waals surface area contributed by atoms with Gasteiger partial charge in [0.1, 0.15) is 11.3 Å². The second kappa shape index (κ2) is 5.27. The molecular formula is C16H12ClN5. The summed E-state index contributed by atoms with van der Waals surface area (Å²) in [5.41, 5.74) is 3.88. The van der Waals surface area contributed by atoms with E-state index >= 15 is 0 Å². The van der Waals surface area contributed by atoms with E-state index in [1.165, 1.54) is 0 Å². The van der Waals surface area contributed by atoms with Crippen LogP contribution in [0.3, 0.4) is 0 Å². The highest BCUT2D eigenvalue weighted by molar-refractivity contribution is 6.30. The molecule has 3 heterocycles. The van der Waals surface area contributed by atoms with Crippen LogP contribution in [0.1, 0.15) is 5.56 Å². The molecule has 0 spiro atoms. The Morgan fingerprint density at radius 1 is 1.05 bits per heavy atom. The molecule has 108 valence electrons. The van der Waals surface area contributed by atoms with Gasteiger partial charge in [0.05, 0.1) is 12.7 Å². The van der Waals surface area contributed by atoms with Crippen molar-refractivity contribution in [2.45, 2.75) is 6.54 Å². The highest BCUT2D eigenvalue weighted by Gasteiger charge is 2.10. The van der Waals surface area contributed by atoms with Crippen molar-refractivity contribution in [3.8, 4) is 11.4 Å². The molecule has 22 heavy (non-hydrogen) atoms. The van der Waals surface area contributed by atoms with Gasteiger partial charge in [-0.1, -0.05) is 23.7 Å². The normalized spacial score (nSPS) is 11.1. The van der Waals surface area contributed by atoms with Crippen LogP contribution in [0.15, 0.2) is 55.0 Å². The zero-order valence-corrected chi connectivity index (χ0v) is 12.3. The number of rotatable bonds is 3. The standard InChI is InChI=1S/C16H12ClN5/c17-13-3-1-11(2-4-13)10-22-16-14(9-19-22)20-15(21-16)12-5-7-18-8-6-12/h1-9H,10H2,(H,20,21). The van der Waals surface area contributed by atoms with E-state index in [0.717, 1.165) is 33.1 Å². The van der Waals surface area contributed by atoms with Gasteiger partial charge in [-0.2, -0.15) is 5.10 Å². The first-order valence-electron chi connectivity index (χ1n) is 6.86. The fourth-order valence-electron chi connectivity index (χ4n) is 2.37. The number of imidazole rings is 1. The number of aromatic amines is 1. The second-order valence-corrected chi connectivity index (χ2v) is 5.42. The zero-order valence-electron chi connectivity index (χ0n) is 11.6. The topological polar surface area (TPSA) is 59.4 Å². The number of nitrogens with one attached hydrogen (secondary N) is 1. The minimum Gasteiger partial charge on any atom is -0.335 e. The molecule has 6 heteroatoms. The average Bonchev–Trinajstić information content (AvgIpc) is 3.12. The summed E-state index contributed by atoms with van der Waals surface area (Å²) in [6.45, 7) is 0.654. The molecule has 1 aromatic carbocycles. The quantitative estimate of drug-likeness (QED) is 0.630. The molecule has 1 N–H and O–H groups in total. The predicted octanol–water partition coefficient (Wildman–Crippen LogP) is 3.52. The van der Waals surface area contributed by atoms with Crippen molar-refractivity contribution in [3.05, 3.63) is 65.6 Å². The Bertz CT molecular complexity index is 909. The molecule has 0 fully saturated rings. The van der Waals surface area contributed by atoms with E-state index in [4.69, 9.17) is 11.6 Å². The molecule has 5 nitrogen and oxygen atoms in total. The minimum absolute atomic E-state index is 0.654. The van der Waals surface area contributed by atoms with Gasteiger partial charge < -0.3 is 4.98 Å². The molecule has 0 aliphatic heterocycles. The van der Waals surface area contributed by atoms with Crippen LogP contribution in [-0.4, -0.2) is 24.7 Å². The fraction of sp³-hybridized carbons (Fsp3) is 0.0625. The van der Waals surface area contributed by atoms with Crippen LogP contribution in [0.25, 0.3) is 22.6 Å². The first kappa shape index (κ1) is 13.0. The largest absolute Gasteiger partial charge is 0.335 e. The van der Waals surface area contributed by atoms with Gasteiger partial charge in [0, 0.05) is 23.0 Å². The van der Waals surface area contributed by atoms with Crippen LogP contribution in [0, 0.1) is 0 Å². The van der Waals surface area contributed by atoms with Crippen molar-refractivity contribution in [2.75, 3.05) is 0 Å². The zero-order chi connectivity index (χ0) is 14.9. The smallest absolute Gasteiger partial charge is 0.177 e. The molecule has 0 unspecified atom stereocenters. The molecular weight excluding hydrogens is 298 g/mol. The lowest BCUT2D eigenvalue weighted by molar-refractivity contribution is 0.705. The molecule has 0 atom stereocenters. The van der Waals surface area contributed by atoms with Gasteiger partial charge in [-0.05, 0) is 29.8 Å². The van der Waals surface area contributed by atoms with E-state index in [1.54, 1.807) is 18.6 Å². The molecule has 0 amide bonds. The Balaban J connectivity index is 1.70. The highest BCUT2D eigenvalue weighted by Crippen LogP contribution is 2.20. The molecule has 0 bridgehead atoms. The van der Waals surface area contributed by atoms with Crippen LogP contribution in [0.4, 0.5) is 0 Å². The van der Waals surface area contributed by atoms with Gasteiger partial charge in [0.25, 0.3) is 0 Å². The van der Waals surface area contributed by atoms with Gasteiger partial charge >= 0.3 is 0 Å². The van der Waals surface area contributed by atoms with E-state index in [9.17, 15) is 0 Å². The van der Waals surface area contributed by atoms with E-state index in [-0.39, 0.29) is 0 Å². The number of aromatic nitrogens is 5. The third kappa shape index (κ3) is 2.35. The van der Waals surface area contributed by atoms with Crippen molar-refractivity contribution in [1.82, 2.24) is 24.7 Å². The average molecular weight is 310 g/mol. The van der Waals surface area contributed by atoms with Gasteiger partial charge in [0.15, 0.2) is 5.65 Å². The van der Waals surface area contributed by atoms with Crippen LogP contribution in [-0.2, 0) is 6.54 Å². The molecule has 0 saturated heterocycles. The molecule has 4 rings (SSSR count). The van der Waals surface area contributed by atoms with Crippen LogP contribution in [0.5, 0.6) is 0 Å². The predicted molar refractivity (Wildman–Crippen MR) is 85.7 cm³/mol. The second-order valence-electron chi connectivity index (χ2n) is 4.99. The van der Waals surface area contributed by atoms with E-state index in [0.29, 0.717) is 6.54 Å². The lowest BCUT2D eigenvalue weighted by atomic mass is 10.2. The fourth-order valence-corrected chi connectivity index (χ4v) is 2.50. The first-order chi connectivity index (χ1) is 10.8. The number of H-pyrrole nitrogens is 1. The number of hydrogen-bond donors (Lipinski definition) is 1. The van der Waals surface area contributed by atoms with Crippen molar-refractivity contribution in [3.63, 3.8) is 0 Å². The molecule has 4 aromatic rings. The Kier molecular flexibility index (Phi) is 3.12. The van der Waals surface area contributed by atoms with E-state index < -0.39 is 0 Å². The summed E-state index contributed by atoms with van der Waals surface area (Å²) in [4.78, 5) is 12.0. The van der Waals surface area contributed by atoms with E-state index in [1.807, 2.05) is 41.1 Å². The summed E-state index contributed by atoms with van der Waals surface area (Å²) < 4.78 is 1.87. The van der Waals surface area contributed by atoms with Crippen LogP contribution in [0.2, 0.25) is 5.02 Å². The number of pyridine rings is 1. The SMILES string of the molecule is Clc1ccc(Cn2ncc3[nH]c(-c4ccncc4)nc32)cc1. The maximum absolute atomic E-state index is 5.91. The van der Waals surface area contributed by atoms with Crippen LogP contribution >= 0.6 is 11.6 Å². The van der Waals surface area contributed by atoms with Crippen LogP contribution < -0.4 is 0 Å². The molecule has 0 aliphatic carbocycles. The number of benzene rings is 1. The van der Waals surface area contributed by atoms with Crippen molar-refractivity contribution >= 4 is 22.8 Å². The van der Waals surface area contributed by atoms with Gasteiger partial charge in [-0.3, -0.25) is 4.98 Å². The first-order valence-corrected chi connectivity index (χ1v) is 7.24. The lowest BCUT2D eigenvalue weighted by Crippen LogP contribution is -2.01. The number of halogens is 1. The Hall–Kier alpha value is -2.66. The third-order valence-electron chi connectivity index (χ3n) is 3.48. The van der Waals surface area contributed by atoms with Crippen molar-refractivity contribution < 1.29 is 0 Å². The maximum atomic E-state index is 5.91. The summed E-state index contributed by atoms with van der Waals surface area (Å²) in [6.07, 6.45) is 5.30. The number of hydrogen-bond acceptors (Lipinski definition) is 3. The summed E-state index contributed by atoms with van der Waals surface area (Å²) in [7, 11) is 0. The summed E-state index contributed by atoms with van der Waals surface area (Å²) in [5, 5.41) is 5.12. The summed E-state index contributed by atoms with van der Waals surface area (Å²) >= 11 is 5.91. The lowest BCUT2D eigenvalue weighted by Gasteiger charge is -2.02. The Morgan fingerprint density at radius 3 is 2.59 bits per heavy atom. The summed E-state index contributed by atoms with van der Waals surface area (Å²) in [6, 6.07) is 11.6. The highest BCUT2D eigenvalue weighted by atomic mass is 35.5. The third-order valence-corrected chi connectivity index (χ3v) is 3.73. The molecule has 3 aromatic heterocycles. The minimum atomic E-state index is 0.654.